The topological polar surface area (TPSA) is 27.8 Å². The van der Waals surface area contributed by atoms with Crippen molar-refractivity contribution >= 4 is 16.6 Å². The standard InChI is InChI=1S/C16H15FN2/c1-11-8-14(4-5-15(11)17)19-10-12-2-3-13-6-7-18-16(13)9-12/h2-9,18-19H,10H2,1H3. The van der Waals surface area contributed by atoms with Gasteiger partial charge in [-0.1, -0.05) is 12.1 Å². The summed E-state index contributed by atoms with van der Waals surface area (Å²) in [5.41, 5.74) is 3.92. The number of aryl methyl sites for hydroxylation is 1. The molecular formula is C16H15FN2. The van der Waals surface area contributed by atoms with Gasteiger partial charge in [-0.25, -0.2) is 4.39 Å². The zero-order chi connectivity index (χ0) is 13.2. The molecule has 3 rings (SSSR count). The molecule has 0 unspecified atom stereocenters. The van der Waals surface area contributed by atoms with Crippen molar-refractivity contribution in [3.63, 3.8) is 0 Å². The summed E-state index contributed by atoms with van der Waals surface area (Å²) in [5.74, 6) is -0.168. The summed E-state index contributed by atoms with van der Waals surface area (Å²) in [6.45, 7) is 2.49. The van der Waals surface area contributed by atoms with Gasteiger partial charge in [0.05, 0.1) is 0 Å². The van der Waals surface area contributed by atoms with Gasteiger partial charge in [-0.15, -0.1) is 0 Å². The van der Waals surface area contributed by atoms with Crippen molar-refractivity contribution in [3.05, 3.63) is 65.6 Å². The third kappa shape index (κ3) is 2.45. The summed E-state index contributed by atoms with van der Waals surface area (Å²) in [7, 11) is 0. The summed E-state index contributed by atoms with van der Waals surface area (Å²) >= 11 is 0. The second-order valence-corrected chi connectivity index (χ2v) is 4.72. The number of benzene rings is 2. The molecule has 0 aliphatic heterocycles. The highest BCUT2D eigenvalue weighted by Gasteiger charge is 2.00. The lowest BCUT2D eigenvalue weighted by Crippen LogP contribution is -2.00. The van der Waals surface area contributed by atoms with E-state index in [1.807, 2.05) is 12.3 Å². The lowest BCUT2D eigenvalue weighted by atomic mass is 10.1. The average molecular weight is 254 g/mol. The van der Waals surface area contributed by atoms with Gasteiger partial charge in [0.25, 0.3) is 0 Å². The molecule has 2 aromatic carbocycles. The molecule has 0 amide bonds. The van der Waals surface area contributed by atoms with Crippen LogP contribution in [-0.4, -0.2) is 4.98 Å². The van der Waals surface area contributed by atoms with E-state index < -0.39 is 0 Å². The molecule has 0 saturated carbocycles. The van der Waals surface area contributed by atoms with E-state index >= 15 is 0 Å². The molecule has 0 bridgehead atoms. The second kappa shape index (κ2) is 4.76. The Kier molecular flexibility index (Phi) is 2.95. The fraction of sp³-hybridized carbons (Fsp3) is 0.125. The normalized spacial score (nSPS) is 10.8. The first kappa shape index (κ1) is 11.8. The highest BCUT2D eigenvalue weighted by molar-refractivity contribution is 5.79. The number of aromatic amines is 1. The van der Waals surface area contributed by atoms with Crippen LogP contribution in [0.2, 0.25) is 0 Å². The first-order chi connectivity index (χ1) is 9.22. The number of H-pyrrole nitrogens is 1. The number of hydrogen-bond acceptors (Lipinski definition) is 1. The lowest BCUT2D eigenvalue weighted by molar-refractivity contribution is 0.618. The summed E-state index contributed by atoms with van der Waals surface area (Å²) in [4.78, 5) is 3.20. The van der Waals surface area contributed by atoms with E-state index in [9.17, 15) is 4.39 Å². The van der Waals surface area contributed by atoms with E-state index in [0.717, 1.165) is 17.7 Å². The minimum atomic E-state index is -0.168. The third-order valence-corrected chi connectivity index (χ3v) is 3.27. The molecule has 1 aromatic heterocycles. The molecule has 19 heavy (non-hydrogen) atoms. The molecule has 1 heterocycles. The number of rotatable bonds is 3. The first-order valence-corrected chi connectivity index (χ1v) is 6.28. The van der Waals surface area contributed by atoms with Crippen LogP contribution in [0.5, 0.6) is 0 Å². The van der Waals surface area contributed by atoms with Crippen molar-refractivity contribution in [2.45, 2.75) is 13.5 Å². The van der Waals surface area contributed by atoms with Crippen molar-refractivity contribution in [1.82, 2.24) is 4.98 Å². The molecular weight excluding hydrogens is 239 g/mol. The van der Waals surface area contributed by atoms with Crippen LogP contribution in [0.25, 0.3) is 10.9 Å². The number of anilines is 1. The quantitative estimate of drug-likeness (QED) is 0.719. The van der Waals surface area contributed by atoms with Crippen LogP contribution in [0.3, 0.4) is 0 Å². The number of aromatic nitrogens is 1. The van der Waals surface area contributed by atoms with Gasteiger partial charge >= 0.3 is 0 Å². The first-order valence-electron chi connectivity index (χ1n) is 6.28. The van der Waals surface area contributed by atoms with Crippen LogP contribution < -0.4 is 5.32 Å². The third-order valence-electron chi connectivity index (χ3n) is 3.27. The maximum Gasteiger partial charge on any atom is 0.126 e. The fourth-order valence-electron chi connectivity index (χ4n) is 2.16. The number of nitrogens with one attached hydrogen (secondary N) is 2. The van der Waals surface area contributed by atoms with E-state index in [0.29, 0.717) is 5.56 Å². The molecule has 0 radical (unpaired) electrons. The molecule has 0 fully saturated rings. The highest BCUT2D eigenvalue weighted by Crippen LogP contribution is 2.17. The molecule has 2 nitrogen and oxygen atoms in total. The van der Waals surface area contributed by atoms with Gasteiger partial charge in [0, 0.05) is 23.9 Å². The van der Waals surface area contributed by atoms with Crippen molar-refractivity contribution in [3.8, 4) is 0 Å². The predicted octanol–water partition coefficient (Wildman–Crippen LogP) is 4.23. The highest BCUT2D eigenvalue weighted by atomic mass is 19.1. The molecule has 3 aromatic rings. The molecule has 96 valence electrons. The Bertz CT molecular complexity index is 716. The fourth-order valence-corrected chi connectivity index (χ4v) is 2.16. The summed E-state index contributed by atoms with van der Waals surface area (Å²) in [6, 6.07) is 13.4. The minimum absolute atomic E-state index is 0.168. The Morgan fingerprint density at radius 3 is 2.84 bits per heavy atom. The maximum atomic E-state index is 13.2. The monoisotopic (exact) mass is 254 g/mol. The van der Waals surface area contributed by atoms with Crippen LogP contribution in [0.1, 0.15) is 11.1 Å². The molecule has 0 saturated heterocycles. The van der Waals surface area contributed by atoms with Gasteiger partial charge < -0.3 is 10.3 Å². The average Bonchev–Trinajstić information content (AvgIpc) is 2.87. The summed E-state index contributed by atoms with van der Waals surface area (Å²) < 4.78 is 13.2. The van der Waals surface area contributed by atoms with Crippen LogP contribution in [-0.2, 0) is 6.54 Å². The van der Waals surface area contributed by atoms with Crippen molar-refractivity contribution in [1.29, 1.82) is 0 Å². The minimum Gasteiger partial charge on any atom is -0.381 e. The zero-order valence-electron chi connectivity index (χ0n) is 10.7. The Balaban J connectivity index is 1.75. The van der Waals surface area contributed by atoms with Gasteiger partial charge in [-0.3, -0.25) is 0 Å². The van der Waals surface area contributed by atoms with Crippen LogP contribution in [0.4, 0.5) is 10.1 Å². The molecule has 0 atom stereocenters. The van der Waals surface area contributed by atoms with Crippen LogP contribution >= 0.6 is 0 Å². The summed E-state index contributed by atoms with van der Waals surface area (Å²) in [5, 5.41) is 4.51. The largest absolute Gasteiger partial charge is 0.381 e. The van der Waals surface area contributed by atoms with E-state index in [4.69, 9.17) is 0 Å². The molecule has 3 heteroatoms. The Hall–Kier alpha value is -2.29. The summed E-state index contributed by atoms with van der Waals surface area (Å²) in [6.07, 6.45) is 1.94. The van der Waals surface area contributed by atoms with Gasteiger partial charge in [-0.05, 0) is 53.8 Å². The van der Waals surface area contributed by atoms with Crippen molar-refractivity contribution < 1.29 is 4.39 Å². The smallest absolute Gasteiger partial charge is 0.126 e. The van der Waals surface area contributed by atoms with E-state index in [-0.39, 0.29) is 5.82 Å². The number of halogens is 1. The lowest BCUT2D eigenvalue weighted by Gasteiger charge is -2.08. The molecule has 0 spiro atoms. The number of hydrogen-bond donors (Lipinski definition) is 2. The maximum absolute atomic E-state index is 13.2. The van der Waals surface area contributed by atoms with E-state index in [2.05, 4.69) is 34.6 Å². The number of fused-ring (bicyclic) bond motifs is 1. The molecule has 2 N–H and O–H groups in total. The van der Waals surface area contributed by atoms with Gasteiger partial charge in [-0.2, -0.15) is 0 Å². The molecule has 0 aliphatic rings. The predicted molar refractivity (Wildman–Crippen MR) is 76.8 cm³/mol. The van der Waals surface area contributed by atoms with E-state index in [1.165, 1.54) is 17.0 Å². The van der Waals surface area contributed by atoms with E-state index in [1.54, 1.807) is 13.0 Å². The SMILES string of the molecule is Cc1cc(NCc2ccc3cc[nH]c3c2)ccc1F. The van der Waals surface area contributed by atoms with Crippen LogP contribution in [0, 0.1) is 12.7 Å². The molecule has 0 aliphatic carbocycles. The second-order valence-electron chi connectivity index (χ2n) is 4.72. The Morgan fingerprint density at radius 2 is 2.00 bits per heavy atom. The van der Waals surface area contributed by atoms with Crippen molar-refractivity contribution in [2.75, 3.05) is 5.32 Å². The van der Waals surface area contributed by atoms with Gasteiger partial charge in [0.1, 0.15) is 5.82 Å². The van der Waals surface area contributed by atoms with Crippen molar-refractivity contribution in [2.24, 2.45) is 0 Å². The Morgan fingerprint density at radius 1 is 1.11 bits per heavy atom. The van der Waals surface area contributed by atoms with Gasteiger partial charge in [0.2, 0.25) is 0 Å². The Labute approximate surface area is 111 Å². The van der Waals surface area contributed by atoms with Gasteiger partial charge in [0.15, 0.2) is 0 Å². The van der Waals surface area contributed by atoms with Crippen LogP contribution in [0.15, 0.2) is 48.7 Å². The zero-order valence-corrected chi connectivity index (χ0v) is 10.7.